The van der Waals surface area contributed by atoms with E-state index in [-0.39, 0.29) is 17.9 Å². The minimum atomic E-state index is -0.0890. The maximum absolute atomic E-state index is 12.6. The van der Waals surface area contributed by atoms with Gasteiger partial charge in [-0.25, -0.2) is 0 Å². The number of hydrogen-bond donors (Lipinski definition) is 1. The molecule has 3 rings (SSSR count). The quantitative estimate of drug-likeness (QED) is 0.927. The molecule has 0 spiro atoms. The van der Waals surface area contributed by atoms with E-state index in [0.29, 0.717) is 18.8 Å². The molecule has 0 saturated carbocycles. The molecule has 126 valence electrons. The van der Waals surface area contributed by atoms with Crippen LogP contribution < -0.4 is 14.8 Å². The zero-order chi connectivity index (χ0) is 17.1. The lowest BCUT2D eigenvalue weighted by Gasteiger charge is -2.25. The first-order valence-corrected chi connectivity index (χ1v) is 8.31. The largest absolute Gasteiger partial charge is 0.486 e. The number of ether oxygens (including phenoxy) is 2. The highest BCUT2D eigenvalue weighted by Gasteiger charge is 2.22. The third-order valence-corrected chi connectivity index (χ3v) is 4.16. The van der Waals surface area contributed by atoms with Crippen LogP contribution in [0.2, 0.25) is 0 Å². The number of hydrogen-bond acceptors (Lipinski definition) is 3. The van der Waals surface area contributed by atoms with Gasteiger partial charge in [0.05, 0.1) is 6.04 Å². The van der Waals surface area contributed by atoms with E-state index in [4.69, 9.17) is 9.47 Å². The summed E-state index contributed by atoms with van der Waals surface area (Å²) in [5.41, 5.74) is 2.77. The van der Waals surface area contributed by atoms with E-state index in [9.17, 15) is 4.79 Å². The molecule has 1 aliphatic rings. The second-order valence-electron chi connectivity index (χ2n) is 6.47. The van der Waals surface area contributed by atoms with Crippen LogP contribution in [0.4, 0.5) is 0 Å². The fourth-order valence-corrected chi connectivity index (χ4v) is 2.90. The molecular formula is C20H23NO3. The number of nitrogens with one attached hydrogen (secondary N) is 1. The highest BCUT2D eigenvalue weighted by molar-refractivity contribution is 5.94. The fraction of sp³-hybridized carbons (Fsp3) is 0.350. The molecule has 0 saturated heterocycles. The first-order valence-electron chi connectivity index (χ1n) is 8.31. The summed E-state index contributed by atoms with van der Waals surface area (Å²) in [6.07, 6.45) is 0. The van der Waals surface area contributed by atoms with Gasteiger partial charge in [0.25, 0.3) is 5.91 Å². The van der Waals surface area contributed by atoms with E-state index in [1.807, 2.05) is 49.4 Å². The van der Waals surface area contributed by atoms with Gasteiger partial charge < -0.3 is 14.8 Å². The number of amides is 1. The average molecular weight is 325 g/mol. The summed E-state index contributed by atoms with van der Waals surface area (Å²) in [4.78, 5) is 12.6. The summed E-state index contributed by atoms with van der Waals surface area (Å²) in [7, 11) is 0. The topological polar surface area (TPSA) is 47.6 Å². The Balaban J connectivity index is 1.83. The molecule has 1 unspecified atom stereocenters. The second kappa shape index (κ2) is 6.95. The minimum absolute atomic E-state index is 0.0627. The van der Waals surface area contributed by atoms with Crippen LogP contribution in [0.5, 0.6) is 11.5 Å². The van der Waals surface area contributed by atoms with Crippen molar-refractivity contribution in [1.29, 1.82) is 0 Å². The lowest BCUT2D eigenvalue weighted by molar-refractivity contribution is 0.0925. The van der Waals surface area contributed by atoms with Crippen molar-refractivity contribution >= 4 is 5.91 Å². The van der Waals surface area contributed by atoms with Gasteiger partial charge in [0, 0.05) is 5.56 Å². The highest BCUT2D eigenvalue weighted by atomic mass is 16.6. The van der Waals surface area contributed by atoms with E-state index in [1.165, 1.54) is 0 Å². The number of benzene rings is 2. The summed E-state index contributed by atoms with van der Waals surface area (Å²) in [5.74, 6) is 1.69. The minimum Gasteiger partial charge on any atom is -0.486 e. The van der Waals surface area contributed by atoms with E-state index < -0.39 is 0 Å². The number of carbonyl (C=O) groups is 1. The van der Waals surface area contributed by atoms with Crippen LogP contribution in [-0.2, 0) is 0 Å². The molecule has 0 bridgehead atoms. The second-order valence-corrected chi connectivity index (χ2v) is 6.47. The van der Waals surface area contributed by atoms with Gasteiger partial charge in [-0.2, -0.15) is 0 Å². The van der Waals surface area contributed by atoms with E-state index >= 15 is 0 Å². The number of fused-ring (bicyclic) bond motifs is 1. The van der Waals surface area contributed by atoms with Gasteiger partial charge in [0.1, 0.15) is 13.2 Å². The Bertz CT molecular complexity index is 739. The first kappa shape index (κ1) is 16.4. The molecule has 0 radical (unpaired) electrons. The monoisotopic (exact) mass is 325 g/mol. The number of rotatable bonds is 4. The summed E-state index contributed by atoms with van der Waals surface area (Å²) in [6, 6.07) is 13.4. The molecule has 2 aromatic rings. The maximum Gasteiger partial charge on any atom is 0.251 e. The third kappa shape index (κ3) is 3.53. The van der Waals surface area contributed by atoms with Gasteiger partial charge in [-0.3, -0.25) is 4.79 Å². The van der Waals surface area contributed by atoms with Crippen molar-refractivity contribution in [3.05, 3.63) is 59.2 Å². The molecule has 0 aromatic heterocycles. The Morgan fingerprint density at radius 3 is 2.50 bits per heavy atom. The normalized spacial score (nSPS) is 14.3. The zero-order valence-electron chi connectivity index (χ0n) is 14.3. The number of carbonyl (C=O) groups excluding carboxylic acids is 1. The van der Waals surface area contributed by atoms with Crippen molar-refractivity contribution in [1.82, 2.24) is 5.32 Å². The molecule has 1 atom stereocenters. The molecule has 1 amide bonds. The van der Waals surface area contributed by atoms with Gasteiger partial charge in [-0.05, 0) is 42.7 Å². The van der Waals surface area contributed by atoms with Crippen LogP contribution in [0.15, 0.2) is 42.5 Å². The molecule has 1 heterocycles. The van der Waals surface area contributed by atoms with Crippen molar-refractivity contribution < 1.29 is 14.3 Å². The molecule has 4 nitrogen and oxygen atoms in total. The van der Waals surface area contributed by atoms with Crippen molar-refractivity contribution in [2.24, 2.45) is 5.92 Å². The Hall–Kier alpha value is -2.49. The summed E-state index contributed by atoms with van der Waals surface area (Å²) >= 11 is 0. The van der Waals surface area contributed by atoms with Crippen LogP contribution >= 0.6 is 0 Å². The SMILES string of the molecule is Cc1cccc(C(=O)NC(c2ccc3c(c2)OCCO3)C(C)C)c1. The van der Waals surface area contributed by atoms with Gasteiger partial charge in [-0.15, -0.1) is 0 Å². The lowest BCUT2D eigenvalue weighted by Crippen LogP contribution is -2.32. The van der Waals surface area contributed by atoms with Crippen LogP contribution in [0, 0.1) is 12.8 Å². The van der Waals surface area contributed by atoms with E-state index in [1.54, 1.807) is 0 Å². The smallest absolute Gasteiger partial charge is 0.251 e. The summed E-state index contributed by atoms with van der Waals surface area (Å²) in [5, 5.41) is 3.15. The Kier molecular flexibility index (Phi) is 4.74. The molecule has 1 aliphatic heterocycles. The van der Waals surface area contributed by atoms with Crippen molar-refractivity contribution in [3.63, 3.8) is 0 Å². The predicted molar refractivity (Wildman–Crippen MR) is 93.7 cm³/mol. The zero-order valence-corrected chi connectivity index (χ0v) is 14.3. The summed E-state index contributed by atoms with van der Waals surface area (Å²) in [6.45, 7) is 7.30. The van der Waals surface area contributed by atoms with Gasteiger partial charge in [-0.1, -0.05) is 37.6 Å². The highest BCUT2D eigenvalue weighted by Crippen LogP contribution is 2.34. The molecule has 4 heteroatoms. The molecule has 0 aliphatic carbocycles. The summed E-state index contributed by atoms with van der Waals surface area (Å²) < 4.78 is 11.2. The molecule has 0 fully saturated rings. The average Bonchev–Trinajstić information content (AvgIpc) is 2.58. The van der Waals surface area contributed by atoms with Gasteiger partial charge in [0.15, 0.2) is 11.5 Å². The standard InChI is InChI=1S/C20H23NO3/c1-13(2)19(21-20(22)16-6-4-5-14(3)11-16)15-7-8-17-18(12-15)24-10-9-23-17/h4-8,11-13,19H,9-10H2,1-3H3,(H,21,22). The van der Waals surface area contributed by atoms with Crippen LogP contribution in [0.3, 0.4) is 0 Å². The molecule has 2 aromatic carbocycles. The van der Waals surface area contributed by atoms with Crippen molar-refractivity contribution in [3.8, 4) is 11.5 Å². The molecular weight excluding hydrogens is 302 g/mol. The van der Waals surface area contributed by atoms with Crippen LogP contribution in [0.1, 0.15) is 41.4 Å². The van der Waals surface area contributed by atoms with Gasteiger partial charge in [0.2, 0.25) is 0 Å². The van der Waals surface area contributed by atoms with Crippen molar-refractivity contribution in [2.45, 2.75) is 26.8 Å². The van der Waals surface area contributed by atoms with Gasteiger partial charge >= 0.3 is 0 Å². The molecule has 24 heavy (non-hydrogen) atoms. The number of aryl methyl sites for hydroxylation is 1. The van der Waals surface area contributed by atoms with E-state index in [0.717, 1.165) is 22.6 Å². The Morgan fingerprint density at radius 1 is 1.04 bits per heavy atom. The lowest BCUT2D eigenvalue weighted by atomic mass is 9.95. The Morgan fingerprint density at radius 2 is 1.79 bits per heavy atom. The maximum atomic E-state index is 12.6. The first-order chi connectivity index (χ1) is 11.5. The van der Waals surface area contributed by atoms with Crippen LogP contribution in [0.25, 0.3) is 0 Å². The van der Waals surface area contributed by atoms with Crippen LogP contribution in [-0.4, -0.2) is 19.1 Å². The van der Waals surface area contributed by atoms with Crippen molar-refractivity contribution in [2.75, 3.05) is 13.2 Å². The fourth-order valence-electron chi connectivity index (χ4n) is 2.90. The predicted octanol–water partition coefficient (Wildman–Crippen LogP) is 3.89. The van der Waals surface area contributed by atoms with E-state index in [2.05, 4.69) is 19.2 Å². The third-order valence-electron chi connectivity index (χ3n) is 4.16. The Labute approximate surface area is 142 Å². The molecule has 1 N–H and O–H groups in total.